The normalized spacial score (nSPS) is 12.6. The molecule has 0 aliphatic carbocycles. The third-order valence-electron chi connectivity index (χ3n) is 3.10. The zero-order valence-electron chi connectivity index (χ0n) is 11.3. The zero-order chi connectivity index (χ0) is 13.7. The first-order chi connectivity index (χ1) is 9.20. The molecule has 1 atom stereocenters. The molecule has 2 aromatic heterocycles. The van der Waals surface area contributed by atoms with Crippen LogP contribution in [0.25, 0.3) is 0 Å². The highest BCUT2D eigenvalue weighted by Crippen LogP contribution is 2.27. The van der Waals surface area contributed by atoms with Gasteiger partial charge in [0.2, 0.25) is 0 Å². The molecule has 0 amide bonds. The maximum Gasteiger partial charge on any atom is 0.0701 e. The summed E-state index contributed by atoms with van der Waals surface area (Å²) in [5.41, 5.74) is 2.42. The molecule has 0 bridgehead atoms. The molecule has 2 heterocycles. The van der Waals surface area contributed by atoms with Gasteiger partial charge in [-0.15, -0.1) is 11.3 Å². The smallest absolute Gasteiger partial charge is 0.0701 e. The number of rotatable bonds is 6. The number of pyridine rings is 1. The average Bonchev–Trinajstić information content (AvgIpc) is 2.81. The van der Waals surface area contributed by atoms with Crippen LogP contribution in [0.3, 0.4) is 0 Å². The van der Waals surface area contributed by atoms with Crippen LogP contribution in [0.4, 0.5) is 0 Å². The van der Waals surface area contributed by atoms with E-state index >= 15 is 0 Å². The van der Waals surface area contributed by atoms with Gasteiger partial charge in [-0.2, -0.15) is 0 Å². The molecule has 2 aromatic rings. The van der Waals surface area contributed by atoms with Crippen LogP contribution < -0.4 is 5.32 Å². The van der Waals surface area contributed by atoms with Crippen molar-refractivity contribution in [3.05, 3.63) is 50.4 Å². The van der Waals surface area contributed by atoms with Crippen LogP contribution in [0.5, 0.6) is 0 Å². The van der Waals surface area contributed by atoms with E-state index < -0.39 is 0 Å². The number of aromatic nitrogens is 1. The zero-order valence-corrected chi connectivity index (χ0v) is 13.7. The molecule has 0 radical (unpaired) electrons. The molecule has 0 aromatic carbocycles. The maximum atomic E-state index is 4.41. The van der Waals surface area contributed by atoms with Crippen molar-refractivity contribution in [3.8, 4) is 0 Å². The molecule has 0 aliphatic heterocycles. The first-order valence-electron chi connectivity index (χ1n) is 6.59. The number of thiophene rings is 1. The monoisotopic (exact) mass is 338 g/mol. The molecule has 2 rings (SSSR count). The van der Waals surface area contributed by atoms with Crippen molar-refractivity contribution in [2.75, 3.05) is 6.54 Å². The Morgan fingerprint density at radius 3 is 2.84 bits per heavy atom. The van der Waals surface area contributed by atoms with Gasteiger partial charge >= 0.3 is 0 Å². The van der Waals surface area contributed by atoms with Gasteiger partial charge in [-0.05, 0) is 59.6 Å². The van der Waals surface area contributed by atoms with Crippen LogP contribution in [-0.4, -0.2) is 11.5 Å². The molecule has 0 spiro atoms. The van der Waals surface area contributed by atoms with Gasteiger partial charge in [-0.25, -0.2) is 0 Å². The van der Waals surface area contributed by atoms with Crippen molar-refractivity contribution >= 4 is 27.3 Å². The lowest BCUT2D eigenvalue weighted by atomic mass is 10.0. The van der Waals surface area contributed by atoms with Gasteiger partial charge in [-0.1, -0.05) is 13.0 Å². The quantitative estimate of drug-likeness (QED) is 0.838. The van der Waals surface area contributed by atoms with E-state index in [1.165, 1.54) is 14.2 Å². The standard InChI is InChI=1S/C15H19BrN2S/c1-3-8-18-14(10-12-6-7-15(16)19-12)13-5-4-9-17-11(13)2/h4-7,9,14,18H,3,8,10H2,1-2H3. The Hall–Kier alpha value is -0.710. The second-order valence-corrected chi connectivity index (χ2v) is 7.14. The predicted molar refractivity (Wildman–Crippen MR) is 85.7 cm³/mol. The predicted octanol–water partition coefficient (Wildman–Crippen LogP) is 4.50. The summed E-state index contributed by atoms with van der Waals surface area (Å²) in [6, 6.07) is 8.86. The Labute approximate surface area is 127 Å². The van der Waals surface area contributed by atoms with Crippen molar-refractivity contribution in [2.24, 2.45) is 0 Å². The lowest BCUT2D eigenvalue weighted by Gasteiger charge is -2.19. The Balaban J connectivity index is 2.18. The topological polar surface area (TPSA) is 24.9 Å². The maximum absolute atomic E-state index is 4.41. The van der Waals surface area contributed by atoms with Crippen molar-refractivity contribution in [1.29, 1.82) is 0 Å². The molecule has 102 valence electrons. The molecular formula is C15H19BrN2S. The second kappa shape index (κ2) is 7.17. The van der Waals surface area contributed by atoms with E-state index in [2.05, 4.69) is 58.3 Å². The molecule has 2 nitrogen and oxygen atoms in total. The highest BCUT2D eigenvalue weighted by Gasteiger charge is 2.15. The van der Waals surface area contributed by atoms with E-state index in [1.54, 1.807) is 11.3 Å². The van der Waals surface area contributed by atoms with E-state index in [4.69, 9.17) is 0 Å². The minimum absolute atomic E-state index is 0.346. The fraction of sp³-hybridized carbons (Fsp3) is 0.400. The van der Waals surface area contributed by atoms with E-state index in [-0.39, 0.29) is 0 Å². The van der Waals surface area contributed by atoms with Gasteiger partial charge < -0.3 is 5.32 Å². The van der Waals surface area contributed by atoms with E-state index in [1.807, 2.05) is 12.3 Å². The van der Waals surface area contributed by atoms with Gasteiger partial charge in [0.1, 0.15) is 0 Å². The van der Waals surface area contributed by atoms with Crippen molar-refractivity contribution < 1.29 is 0 Å². The summed E-state index contributed by atoms with van der Waals surface area (Å²) in [4.78, 5) is 5.80. The fourth-order valence-electron chi connectivity index (χ4n) is 2.14. The first-order valence-corrected chi connectivity index (χ1v) is 8.20. The molecular weight excluding hydrogens is 320 g/mol. The fourth-order valence-corrected chi connectivity index (χ4v) is 3.67. The lowest BCUT2D eigenvalue weighted by Crippen LogP contribution is -2.24. The first kappa shape index (κ1) is 14.7. The third-order valence-corrected chi connectivity index (χ3v) is 4.74. The molecule has 0 saturated heterocycles. The largest absolute Gasteiger partial charge is 0.310 e. The van der Waals surface area contributed by atoms with Gasteiger partial charge in [0.25, 0.3) is 0 Å². The summed E-state index contributed by atoms with van der Waals surface area (Å²) in [5, 5.41) is 3.64. The Morgan fingerprint density at radius 2 is 2.21 bits per heavy atom. The van der Waals surface area contributed by atoms with Crippen molar-refractivity contribution in [2.45, 2.75) is 32.7 Å². The number of nitrogens with zero attached hydrogens (tertiary/aromatic N) is 1. The van der Waals surface area contributed by atoms with Gasteiger partial charge in [0, 0.05) is 29.2 Å². The highest BCUT2D eigenvalue weighted by molar-refractivity contribution is 9.11. The Morgan fingerprint density at radius 1 is 1.37 bits per heavy atom. The van der Waals surface area contributed by atoms with Crippen LogP contribution in [0.2, 0.25) is 0 Å². The molecule has 0 fully saturated rings. The molecule has 0 saturated carbocycles. The number of halogens is 1. The van der Waals surface area contributed by atoms with Crippen LogP contribution in [0.1, 0.15) is 35.5 Å². The lowest BCUT2D eigenvalue weighted by molar-refractivity contribution is 0.528. The van der Waals surface area contributed by atoms with E-state index in [0.717, 1.165) is 25.1 Å². The van der Waals surface area contributed by atoms with E-state index in [0.29, 0.717) is 6.04 Å². The SMILES string of the molecule is CCCNC(Cc1ccc(Br)s1)c1cccnc1C. The minimum Gasteiger partial charge on any atom is -0.310 e. The Kier molecular flexibility index (Phi) is 5.55. The molecule has 4 heteroatoms. The molecule has 1 N–H and O–H groups in total. The summed E-state index contributed by atoms with van der Waals surface area (Å²) in [7, 11) is 0. The summed E-state index contributed by atoms with van der Waals surface area (Å²) in [6.07, 6.45) is 4.02. The summed E-state index contributed by atoms with van der Waals surface area (Å²) in [6.45, 7) is 5.31. The molecule has 0 aliphatic rings. The summed E-state index contributed by atoms with van der Waals surface area (Å²) < 4.78 is 1.19. The van der Waals surface area contributed by atoms with Crippen LogP contribution in [-0.2, 0) is 6.42 Å². The summed E-state index contributed by atoms with van der Waals surface area (Å²) >= 11 is 5.34. The number of nitrogens with one attached hydrogen (secondary N) is 1. The third kappa shape index (κ3) is 4.13. The van der Waals surface area contributed by atoms with Crippen LogP contribution in [0, 0.1) is 6.92 Å². The van der Waals surface area contributed by atoms with Gasteiger partial charge in [0.05, 0.1) is 3.79 Å². The van der Waals surface area contributed by atoms with E-state index in [9.17, 15) is 0 Å². The van der Waals surface area contributed by atoms with Crippen LogP contribution in [0.15, 0.2) is 34.2 Å². The van der Waals surface area contributed by atoms with Crippen molar-refractivity contribution in [1.82, 2.24) is 10.3 Å². The highest BCUT2D eigenvalue weighted by atomic mass is 79.9. The second-order valence-electron chi connectivity index (χ2n) is 4.59. The minimum atomic E-state index is 0.346. The number of aryl methyl sites for hydroxylation is 1. The van der Waals surface area contributed by atoms with Gasteiger partial charge in [-0.3, -0.25) is 4.98 Å². The Bertz CT molecular complexity index is 524. The molecule has 19 heavy (non-hydrogen) atoms. The number of hydrogen-bond donors (Lipinski definition) is 1. The van der Waals surface area contributed by atoms with Gasteiger partial charge in [0.15, 0.2) is 0 Å². The molecule has 1 unspecified atom stereocenters. The van der Waals surface area contributed by atoms with Crippen molar-refractivity contribution in [3.63, 3.8) is 0 Å². The average molecular weight is 339 g/mol. The van der Waals surface area contributed by atoms with Crippen LogP contribution >= 0.6 is 27.3 Å². The number of hydrogen-bond acceptors (Lipinski definition) is 3. The summed E-state index contributed by atoms with van der Waals surface area (Å²) in [5.74, 6) is 0.